The van der Waals surface area contributed by atoms with Gasteiger partial charge in [0, 0.05) is 23.7 Å². The van der Waals surface area contributed by atoms with E-state index in [-0.39, 0.29) is 28.6 Å². The minimum atomic E-state index is -0.775. The Morgan fingerprint density at radius 1 is 1.29 bits per heavy atom. The van der Waals surface area contributed by atoms with Crippen molar-refractivity contribution in [2.24, 2.45) is 0 Å². The standard InChI is InChI=1S/C18H22ClN3O6/c1-11-4-3-5-12(2)21(11)16(23)10-28-17(24)9-20-18(25)13-6-7-14(19)15(8-13)22(26)27/h6-8,11-12H,3-5,9-10H2,1-2H3,(H,20,25)/t11-,12-/m0/s1. The van der Waals surface area contributed by atoms with Crippen molar-refractivity contribution in [1.29, 1.82) is 0 Å². The molecule has 0 saturated carbocycles. The van der Waals surface area contributed by atoms with Crippen molar-refractivity contribution in [2.45, 2.75) is 45.2 Å². The Morgan fingerprint density at radius 3 is 2.54 bits per heavy atom. The Morgan fingerprint density at radius 2 is 1.93 bits per heavy atom. The zero-order valence-corrected chi connectivity index (χ0v) is 16.4. The van der Waals surface area contributed by atoms with E-state index in [0.717, 1.165) is 25.3 Å². The number of rotatable bonds is 6. The van der Waals surface area contributed by atoms with Gasteiger partial charge in [0.1, 0.15) is 11.6 Å². The van der Waals surface area contributed by atoms with Gasteiger partial charge in [-0.2, -0.15) is 0 Å². The molecule has 0 aliphatic carbocycles. The summed E-state index contributed by atoms with van der Waals surface area (Å²) in [6.07, 6.45) is 2.88. The number of likely N-dealkylation sites (tertiary alicyclic amines) is 1. The number of nitrogens with one attached hydrogen (secondary N) is 1. The molecule has 1 heterocycles. The molecule has 0 aromatic heterocycles. The van der Waals surface area contributed by atoms with Crippen molar-refractivity contribution in [3.05, 3.63) is 38.9 Å². The molecule has 28 heavy (non-hydrogen) atoms. The molecule has 1 aliphatic rings. The molecule has 1 aliphatic heterocycles. The molecule has 0 bridgehead atoms. The molecule has 1 aromatic carbocycles. The van der Waals surface area contributed by atoms with Crippen LogP contribution in [0.25, 0.3) is 0 Å². The van der Waals surface area contributed by atoms with Gasteiger partial charge in [0.25, 0.3) is 17.5 Å². The molecule has 1 fully saturated rings. The van der Waals surface area contributed by atoms with Crippen LogP contribution < -0.4 is 5.32 Å². The van der Waals surface area contributed by atoms with E-state index >= 15 is 0 Å². The normalized spacial score (nSPS) is 19.0. The third-order valence-electron chi connectivity index (χ3n) is 4.64. The first-order valence-corrected chi connectivity index (χ1v) is 9.27. The van der Waals surface area contributed by atoms with E-state index in [1.165, 1.54) is 12.1 Å². The molecular formula is C18H22ClN3O6. The van der Waals surface area contributed by atoms with Gasteiger partial charge in [0.2, 0.25) is 0 Å². The van der Waals surface area contributed by atoms with Crippen LogP contribution in [0.5, 0.6) is 0 Å². The highest BCUT2D eigenvalue weighted by atomic mass is 35.5. The van der Waals surface area contributed by atoms with Crippen molar-refractivity contribution >= 4 is 35.1 Å². The van der Waals surface area contributed by atoms with Gasteiger partial charge in [0.05, 0.1) is 4.92 Å². The van der Waals surface area contributed by atoms with Gasteiger partial charge in [-0.1, -0.05) is 11.6 Å². The molecule has 10 heteroatoms. The Kier molecular flexibility index (Phi) is 7.33. The van der Waals surface area contributed by atoms with E-state index in [2.05, 4.69) is 5.32 Å². The molecule has 9 nitrogen and oxygen atoms in total. The Balaban J connectivity index is 1.84. The number of amides is 2. The SMILES string of the molecule is C[C@H]1CCC[C@H](C)N1C(=O)COC(=O)CNC(=O)c1ccc(Cl)c([N+](=O)[O-])c1. The van der Waals surface area contributed by atoms with Crippen LogP contribution in [0.1, 0.15) is 43.5 Å². The highest BCUT2D eigenvalue weighted by Gasteiger charge is 2.29. The largest absolute Gasteiger partial charge is 0.454 e. The Labute approximate surface area is 167 Å². The van der Waals surface area contributed by atoms with E-state index < -0.39 is 35.6 Å². The summed E-state index contributed by atoms with van der Waals surface area (Å²) in [4.78, 5) is 48.1. The van der Waals surface area contributed by atoms with Gasteiger partial charge in [0.15, 0.2) is 6.61 Å². The van der Waals surface area contributed by atoms with Crippen LogP contribution in [0.15, 0.2) is 18.2 Å². The van der Waals surface area contributed by atoms with E-state index in [4.69, 9.17) is 16.3 Å². The fourth-order valence-electron chi connectivity index (χ4n) is 3.23. The van der Waals surface area contributed by atoms with Crippen LogP contribution in [-0.2, 0) is 14.3 Å². The van der Waals surface area contributed by atoms with Gasteiger partial charge in [-0.15, -0.1) is 0 Å². The van der Waals surface area contributed by atoms with Gasteiger partial charge < -0.3 is 15.0 Å². The second-order valence-electron chi connectivity index (χ2n) is 6.70. The summed E-state index contributed by atoms with van der Waals surface area (Å²) < 4.78 is 4.95. The minimum absolute atomic E-state index is 0.0176. The summed E-state index contributed by atoms with van der Waals surface area (Å²) in [7, 11) is 0. The highest BCUT2D eigenvalue weighted by molar-refractivity contribution is 6.32. The lowest BCUT2D eigenvalue weighted by Crippen LogP contribution is -2.49. The first-order chi connectivity index (χ1) is 13.2. The minimum Gasteiger partial charge on any atom is -0.454 e. The second kappa shape index (κ2) is 9.50. The lowest BCUT2D eigenvalue weighted by atomic mass is 9.97. The lowest BCUT2D eigenvalue weighted by molar-refractivity contribution is -0.384. The molecule has 0 radical (unpaired) electrons. The number of hydrogen-bond donors (Lipinski definition) is 1. The summed E-state index contributed by atoms with van der Waals surface area (Å²) in [6.45, 7) is 3.06. The number of ether oxygens (including phenoxy) is 1. The van der Waals surface area contributed by atoms with Gasteiger partial charge >= 0.3 is 5.97 Å². The van der Waals surface area contributed by atoms with E-state index in [1.54, 1.807) is 4.90 Å². The molecule has 1 saturated heterocycles. The van der Waals surface area contributed by atoms with Crippen molar-refractivity contribution in [2.75, 3.05) is 13.2 Å². The number of carbonyl (C=O) groups is 3. The molecule has 2 rings (SSSR count). The number of hydrogen-bond acceptors (Lipinski definition) is 6. The van der Waals surface area contributed by atoms with Crippen LogP contribution in [0.3, 0.4) is 0 Å². The number of benzene rings is 1. The summed E-state index contributed by atoms with van der Waals surface area (Å²) in [5, 5.41) is 13.1. The second-order valence-corrected chi connectivity index (χ2v) is 7.10. The first kappa shape index (κ1) is 21.6. The van der Waals surface area contributed by atoms with Crippen LogP contribution in [-0.4, -0.2) is 52.8 Å². The van der Waals surface area contributed by atoms with E-state index in [0.29, 0.717) is 0 Å². The average Bonchev–Trinajstić information content (AvgIpc) is 2.64. The fraction of sp³-hybridized carbons (Fsp3) is 0.500. The molecule has 2 atom stereocenters. The maximum Gasteiger partial charge on any atom is 0.325 e. The van der Waals surface area contributed by atoms with Gasteiger partial charge in [-0.25, -0.2) is 0 Å². The van der Waals surface area contributed by atoms with E-state index in [1.807, 2.05) is 13.8 Å². The summed E-state index contributed by atoms with van der Waals surface area (Å²) in [6, 6.07) is 3.74. The summed E-state index contributed by atoms with van der Waals surface area (Å²) in [5.74, 6) is -1.74. The highest BCUT2D eigenvalue weighted by Crippen LogP contribution is 2.25. The zero-order chi connectivity index (χ0) is 20.8. The number of carbonyl (C=O) groups excluding carboxylic acids is 3. The van der Waals surface area contributed by atoms with Crippen molar-refractivity contribution in [3.63, 3.8) is 0 Å². The topological polar surface area (TPSA) is 119 Å². The van der Waals surface area contributed by atoms with Crippen molar-refractivity contribution in [3.8, 4) is 0 Å². The lowest BCUT2D eigenvalue weighted by Gasteiger charge is -2.38. The van der Waals surface area contributed by atoms with Crippen LogP contribution >= 0.6 is 11.6 Å². The predicted octanol–water partition coefficient (Wildman–Crippen LogP) is 2.31. The van der Waals surface area contributed by atoms with E-state index in [9.17, 15) is 24.5 Å². The molecular weight excluding hydrogens is 390 g/mol. The van der Waals surface area contributed by atoms with Crippen LogP contribution in [0, 0.1) is 10.1 Å². The van der Waals surface area contributed by atoms with Gasteiger partial charge in [-0.3, -0.25) is 24.5 Å². The number of nitro groups is 1. The molecule has 1 N–H and O–H groups in total. The quantitative estimate of drug-likeness (QED) is 0.436. The predicted molar refractivity (Wildman–Crippen MR) is 101 cm³/mol. The Hall–Kier alpha value is -2.68. The number of halogens is 1. The smallest absolute Gasteiger partial charge is 0.325 e. The number of nitrogens with zero attached hydrogens (tertiary/aromatic N) is 2. The monoisotopic (exact) mass is 411 g/mol. The molecule has 1 aromatic rings. The van der Waals surface area contributed by atoms with Crippen LogP contribution in [0.4, 0.5) is 5.69 Å². The average molecular weight is 412 g/mol. The van der Waals surface area contributed by atoms with Crippen molar-refractivity contribution in [1.82, 2.24) is 10.2 Å². The number of esters is 1. The zero-order valence-electron chi connectivity index (χ0n) is 15.6. The molecule has 0 unspecified atom stereocenters. The summed E-state index contributed by atoms with van der Waals surface area (Å²) >= 11 is 5.70. The first-order valence-electron chi connectivity index (χ1n) is 8.89. The number of nitro benzene ring substituents is 1. The van der Waals surface area contributed by atoms with Crippen LogP contribution in [0.2, 0.25) is 5.02 Å². The summed E-state index contributed by atoms with van der Waals surface area (Å²) in [5.41, 5.74) is -0.428. The van der Waals surface area contributed by atoms with Crippen molar-refractivity contribution < 1.29 is 24.0 Å². The molecule has 0 spiro atoms. The number of piperidine rings is 1. The third-order valence-corrected chi connectivity index (χ3v) is 4.96. The third kappa shape index (κ3) is 5.41. The van der Waals surface area contributed by atoms with Gasteiger partial charge in [-0.05, 0) is 45.2 Å². The maximum atomic E-state index is 12.3. The fourth-order valence-corrected chi connectivity index (χ4v) is 3.42. The molecule has 2 amide bonds. The Bertz CT molecular complexity index is 775. The molecule has 152 valence electrons. The maximum absolute atomic E-state index is 12.3.